The van der Waals surface area contributed by atoms with Gasteiger partial charge in [0.2, 0.25) is 5.91 Å². The molecule has 1 fully saturated rings. The van der Waals surface area contributed by atoms with Gasteiger partial charge in [-0.15, -0.1) is 23.2 Å². The maximum atomic E-state index is 13.4. The molecule has 0 aliphatic heterocycles. The van der Waals surface area contributed by atoms with E-state index in [0.29, 0.717) is 11.1 Å². The number of hydrogen-bond donors (Lipinski definition) is 2. The average molecular weight is 451 g/mol. The third-order valence-corrected chi connectivity index (χ3v) is 6.12. The van der Waals surface area contributed by atoms with Gasteiger partial charge in [0.25, 0.3) is 0 Å². The molecule has 0 heterocycles. The van der Waals surface area contributed by atoms with E-state index in [2.05, 4.69) is 5.32 Å². The Morgan fingerprint density at radius 3 is 2.44 bits per heavy atom. The number of nitrogens with one attached hydrogen (secondary N) is 1. The van der Waals surface area contributed by atoms with Crippen molar-refractivity contribution in [2.45, 2.75) is 17.2 Å². The van der Waals surface area contributed by atoms with Crippen LogP contribution in [0.15, 0.2) is 30.3 Å². The summed E-state index contributed by atoms with van der Waals surface area (Å²) in [6.07, 6.45) is 0. The van der Waals surface area contributed by atoms with Crippen LogP contribution in [0.3, 0.4) is 0 Å². The summed E-state index contributed by atoms with van der Waals surface area (Å²) in [5, 5.41) is 11.8. The largest absolute Gasteiger partial charge is 0.478 e. The molecular formula is C18H12Cl4FNO3. The Morgan fingerprint density at radius 2 is 1.85 bits per heavy atom. The Balaban J connectivity index is 1.84. The lowest BCUT2D eigenvalue weighted by molar-refractivity contribution is -0.117. The summed E-state index contributed by atoms with van der Waals surface area (Å²) in [7, 11) is 0. The van der Waals surface area contributed by atoms with Gasteiger partial charge in [-0.1, -0.05) is 29.3 Å². The lowest BCUT2D eigenvalue weighted by atomic mass is 10.1. The first-order valence-corrected chi connectivity index (χ1v) is 9.22. The van der Waals surface area contributed by atoms with Crippen LogP contribution in [0.1, 0.15) is 27.4 Å². The Bertz CT molecular complexity index is 964. The van der Waals surface area contributed by atoms with E-state index in [4.69, 9.17) is 46.4 Å². The molecule has 27 heavy (non-hydrogen) atoms. The molecule has 0 bridgehead atoms. The van der Waals surface area contributed by atoms with Gasteiger partial charge in [0.05, 0.1) is 21.5 Å². The molecule has 2 N–H and O–H groups in total. The third-order valence-electron chi connectivity index (χ3n) is 4.39. The zero-order valence-corrected chi connectivity index (χ0v) is 16.7. The molecule has 1 amide bonds. The normalized spacial score (nSPS) is 20.2. The summed E-state index contributed by atoms with van der Waals surface area (Å²) in [4.78, 5) is 23.9. The second-order valence-electron chi connectivity index (χ2n) is 6.25. The Hall–Kier alpha value is -1.53. The molecule has 0 radical (unpaired) electrons. The Kier molecular flexibility index (Phi) is 5.34. The van der Waals surface area contributed by atoms with Crippen LogP contribution in [0, 0.1) is 18.7 Å². The number of alkyl halides is 2. The van der Waals surface area contributed by atoms with Gasteiger partial charge in [0, 0.05) is 11.6 Å². The number of carbonyl (C=O) groups is 2. The van der Waals surface area contributed by atoms with Crippen molar-refractivity contribution in [3.63, 3.8) is 0 Å². The summed E-state index contributed by atoms with van der Waals surface area (Å²) in [6, 6.07) is 6.82. The fourth-order valence-electron chi connectivity index (χ4n) is 2.99. The van der Waals surface area contributed by atoms with E-state index in [0.717, 1.165) is 0 Å². The second-order valence-corrected chi connectivity index (χ2v) is 8.48. The van der Waals surface area contributed by atoms with Crippen LogP contribution in [-0.4, -0.2) is 21.3 Å². The molecule has 2 aromatic rings. The number of carboxylic acids is 1. The monoisotopic (exact) mass is 449 g/mol. The number of benzene rings is 2. The van der Waals surface area contributed by atoms with Crippen molar-refractivity contribution in [3.8, 4) is 0 Å². The number of carbonyl (C=O) groups excluding carboxylic acids is 1. The molecule has 9 heteroatoms. The molecule has 0 spiro atoms. The van der Waals surface area contributed by atoms with E-state index in [9.17, 15) is 19.1 Å². The number of anilines is 1. The van der Waals surface area contributed by atoms with Gasteiger partial charge >= 0.3 is 5.97 Å². The van der Waals surface area contributed by atoms with Crippen LogP contribution in [0.2, 0.25) is 10.0 Å². The summed E-state index contributed by atoms with van der Waals surface area (Å²) >= 11 is 24.3. The minimum atomic E-state index is -1.39. The minimum absolute atomic E-state index is 0.0924. The number of halogens is 5. The SMILES string of the molecule is Cc1cc(NC(=O)C2C(c3ccc(F)c(Cl)c3)C2(Cl)Cl)cc(C(=O)O)c1Cl. The quantitative estimate of drug-likeness (QED) is 0.590. The molecule has 1 aliphatic rings. The number of hydrogen-bond acceptors (Lipinski definition) is 2. The molecule has 1 saturated carbocycles. The summed E-state index contributed by atoms with van der Waals surface area (Å²) in [5.74, 6) is -3.69. The molecule has 2 unspecified atom stereocenters. The molecule has 2 aromatic carbocycles. The zero-order valence-electron chi connectivity index (χ0n) is 13.7. The van der Waals surface area contributed by atoms with Crippen molar-refractivity contribution in [3.05, 3.63) is 62.9 Å². The van der Waals surface area contributed by atoms with Crippen molar-refractivity contribution in [1.29, 1.82) is 0 Å². The lowest BCUT2D eigenvalue weighted by Gasteiger charge is -2.10. The molecule has 4 nitrogen and oxygen atoms in total. The van der Waals surface area contributed by atoms with Crippen molar-refractivity contribution < 1.29 is 19.1 Å². The van der Waals surface area contributed by atoms with Crippen LogP contribution >= 0.6 is 46.4 Å². The van der Waals surface area contributed by atoms with Crippen molar-refractivity contribution in [2.75, 3.05) is 5.32 Å². The maximum absolute atomic E-state index is 13.4. The van der Waals surface area contributed by atoms with E-state index < -0.39 is 33.9 Å². The number of carboxylic acid groups (broad SMARTS) is 1. The van der Waals surface area contributed by atoms with Crippen molar-refractivity contribution in [2.24, 2.45) is 5.92 Å². The van der Waals surface area contributed by atoms with Crippen LogP contribution in [0.4, 0.5) is 10.1 Å². The number of rotatable bonds is 4. The summed E-state index contributed by atoms with van der Waals surface area (Å²) < 4.78 is 12.0. The third kappa shape index (κ3) is 3.74. The number of aromatic carboxylic acids is 1. The molecule has 1 aliphatic carbocycles. The van der Waals surface area contributed by atoms with E-state index >= 15 is 0 Å². The first-order chi connectivity index (χ1) is 12.5. The van der Waals surface area contributed by atoms with Crippen molar-refractivity contribution >= 4 is 64.0 Å². The molecule has 142 valence electrons. The smallest absolute Gasteiger partial charge is 0.337 e. The van der Waals surface area contributed by atoms with Gasteiger partial charge in [-0.25, -0.2) is 9.18 Å². The predicted octanol–water partition coefficient (Wildman–Crippen LogP) is 5.67. The average Bonchev–Trinajstić information content (AvgIpc) is 3.15. The highest BCUT2D eigenvalue weighted by Gasteiger charge is 2.67. The highest BCUT2D eigenvalue weighted by Crippen LogP contribution is 2.65. The van der Waals surface area contributed by atoms with E-state index in [-0.39, 0.29) is 21.3 Å². The standard InChI is InChI=1S/C18H12Cl4FNO3/c1-7-4-9(6-10(15(7)20)17(26)27)24-16(25)14-13(18(14,21)22)8-2-3-12(23)11(19)5-8/h2-6,13-14H,1H3,(H,24,25)(H,26,27). The first kappa shape index (κ1) is 20.2. The highest BCUT2D eigenvalue weighted by atomic mass is 35.5. The maximum Gasteiger partial charge on any atom is 0.337 e. The highest BCUT2D eigenvalue weighted by molar-refractivity contribution is 6.53. The van der Waals surface area contributed by atoms with Gasteiger partial charge in [-0.2, -0.15) is 0 Å². The molecule has 0 aromatic heterocycles. The first-order valence-electron chi connectivity index (χ1n) is 7.71. The van der Waals surface area contributed by atoms with Gasteiger partial charge < -0.3 is 10.4 Å². The van der Waals surface area contributed by atoms with Gasteiger partial charge in [-0.05, 0) is 42.3 Å². The van der Waals surface area contributed by atoms with Crippen LogP contribution in [0.5, 0.6) is 0 Å². The van der Waals surface area contributed by atoms with Gasteiger partial charge in [0.15, 0.2) is 0 Å². The number of aryl methyl sites for hydroxylation is 1. The second kappa shape index (κ2) is 7.13. The summed E-state index contributed by atoms with van der Waals surface area (Å²) in [5.41, 5.74) is 1.15. The molecular weight excluding hydrogens is 439 g/mol. The topological polar surface area (TPSA) is 66.4 Å². The van der Waals surface area contributed by atoms with E-state index in [1.807, 2.05) is 0 Å². The summed E-state index contributed by atoms with van der Waals surface area (Å²) in [6.45, 7) is 1.62. The van der Waals surface area contributed by atoms with Crippen LogP contribution in [0.25, 0.3) is 0 Å². The fraction of sp³-hybridized carbons (Fsp3) is 0.222. The van der Waals surface area contributed by atoms with Crippen LogP contribution in [-0.2, 0) is 4.79 Å². The van der Waals surface area contributed by atoms with Crippen LogP contribution < -0.4 is 5.32 Å². The number of amides is 1. The van der Waals surface area contributed by atoms with Gasteiger partial charge in [0.1, 0.15) is 10.2 Å². The predicted molar refractivity (Wildman–Crippen MR) is 104 cm³/mol. The molecule has 3 rings (SSSR count). The molecule has 2 atom stereocenters. The zero-order chi connectivity index (χ0) is 20.1. The Morgan fingerprint density at radius 1 is 1.19 bits per heavy atom. The van der Waals surface area contributed by atoms with Gasteiger partial charge in [-0.3, -0.25) is 4.79 Å². The van der Waals surface area contributed by atoms with E-state index in [1.54, 1.807) is 13.0 Å². The van der Waals surface area contributed by atoms with Crippen molar-refractivity contribution in [1.82, 2.24) is 0 Å². The lowest BCUT2D eigenvalue weighted by Crippen LogP contribution is -2.17. The Labute approximate surface area is 174 Å². The van der Waals surface area contributed by atoms with E-state index in [1.165, 1.54) is 24.3 Å². The molecule has 0 saturated heterocycles. The minimum Gasteiger partial charge on any atom is -0.478 e. The fourth-order valence-corrected chi connectivity index (χ4v) is 4.20.